The van der Waals surface area contributed by atoms with Crippen molar-refractivity contribution in [1.82, 2.24) is 14.9 Å². The van der Waals surface area contributed by atoms with Crippen LogP contribution < -0.4 is 14.9 Å². The van der Waals surface area contributed by atoms with E-state index in [-0.39, 0.29) is 35.2 Å². The van der Waals surface area contributed by atoms with Crippen LogP contribution in [0, 0.1) is 11.6 Å². The fourth-order valence-electron chi connectivity index (χ4n) is 4.63. The highest BCUT2D eigenvalue weighted by molar-refractivity contribution is 7.89. The van der Waals surface area contributed by atoms with Gasteiger partial charge >= 0.3 is 6.09 Å². The van der Waals surface area contributed by atoms with Crippen LogP contribution in [-0.4, -0.2) is 81.5 Å². The van der Waals surface area contributed by atoms with Crippen molar-refractivity contribution in [1.29, 1.82) is 0 Å². The average Bonchev–Trinajstić information content (AvgIpc) is 3.04. The Morgan fingerprint density at radius 1 is 0.939 bits per heavy atom. The molecule has 0 fully saturated rings. The lowest BCUT2D eigenvalue weighted by molar-refractivity contribution is -0.139. The van der Waals surface area contributed by atoms with Crippen molar-refractivity contribution in [3.05, 3.63) is 94.0 Å². The smallest absolute Gasteiger partial charge is 0.408 e. The van der Waals surface area contributed by atoms with Crippen molar-refractivity contribution in [2.75, 3.05) is 37.7 Å². The first kappa shape index (κ1) is 39.6. The zero-order chi connectivity index (χ0) is 36.1. The monoisotopic (exact) mass is 744 g/mol. The number of anilines is 1. The van der Waals surface area contributed by atoms with Gasteiger partial charge in [-0.05, 0) is 49.7 Å². The summed E-state index contributed by atoms with van der Waals surface area (Å²) in [7, 11) is -4.47. The fraction of sp³-hybridized carbons (Fsp3) is 0.344. The van der Waals surface area contributed by atoms with Gasteiger partial charge in [0.25, 0.3) is 5.91 Å². The van der Waals surface area contributed by atoms with E-state index in [4.69, 9.17) is 32.7 Å². The molecule has 0 spiro atoms. The lowest BCUT2D eigenvalue weighted by atomic mass is 10.1. The minimum atomic E-state index is -4.47. The van der Waals surface area contributed by atoms with E-state index >= 15 is 0 Å². The summed E-state index contributed by atoms with van der Waals surface area (Å²) in [4.78, 5) is 41.2. The first-order chi connectivity index (χ1) is 23.3. The average molecular weight is 746 g/mol. The predicted octanol–water partition coefficient (Wildman–Crippen LogP) is 5.04. The largest absolute Gasteiger partial charge is 0.465 e. The molecule has 49 heavy (non-hydrogen) atoms. The number of rotatable bonds is 18. The normalized spacial score (nSPS) is 12.1. The van der Waals surface area contributed by atoms with E-state index < -0.39 is 69.9 Å². The van der Waals surface area contributed by atoms with Crippen LogP contribution in [-0.2, 0) is 35.6 Å². The van der Waals surface area contributed by atoms with E-state index in [1.807, 2.05) is 0 Å². The van der Waals surface area contributed by atoms with E-state index in [2.05, 4.69) is 10.0 Å². The molecule has 3 amide bonds. The van der Waals surface area contributed by atoms with Crippen LogP contribution in [0.1, 0.15) is 25.8 Å². The summed E-state index contributed by atoms with van der Waals surface area (Å²) >= 11 is 12.0. The number of carboxylic acid groups (broad SMARTS) is 1. The SMILES string of the molecule is CCOC(CCNC(=O)CN(C(=O)C(CNS(=O)(=O)c1ccc(Cl)cc1Cl)N(Cc1ccccc1)C(=O)O)c1ccc(F)c(F)c1)OCC. The number of sulfonamides is 1. The number of hydrogen-bond acceptors (Lipinski definition) is 7. The molecule has 0 heterocycles. The van der Waals surface area contributed by atoms with Crippen molar-refractivity contribution in [3.8, 4) is 0 Å². The molecular weight excluding hydrogens is 709 g/mol. The number of ether oxygens (including phenoxy) is 2. The molecule has 3 aromatic carbocycles. The van der Waals surface area contributed by atoms with Crippen molar-refractivity contribution >= 4 is 56.8 Å². The van der Waals surface area contributed by atoms with E-state index in [1.165, 1.54) is 12.1 Å². The number of benzene rings is 3. The van der Waals surface area contributed by atoms with Gasteiger partial charge in [0.05, 0.1) is 5.02 Å². The van der Waals surface area contributed by atoms with Gasteiger partial charge in [-0.25, -0.2) is 26.7 Å². The third-order valence-corrected chi connectivity index (χ3v) is 9.08. The molecule has 17 heteroatoms. The maximum absolute atomic E-state index is 14.5. The highest BCUT2D eigenvalue weighted by Gasteiger charge is 2.36. The molecule has 12 nitrogen and oxygen atoms in total. The Bertz CT molecular complexity index is 1700. The lowest BCUT2D eigenvalue weighted by Gasteiger charge is -2.33. The van der Waals surface area contributed by atoms with Crippen LogP contribution in [0.5, 0.6) is 0 Å². The maximum Gasteiger partial charge on any atom is 0.408 e. The second-order valence-corrected chi connectivity index (χ2v) is 12.9. The highest BCUT2D eigenvalue weighted by Crippen LogP contribution is 2.26. The Hall–Kier alpha value is -3.86. The van der Waals surface area contributed by atoms with E-state index in [0.29, 0.717) is 29.7 Å². The van der Waals surface area contributed by atoms with E-state index in [9.17, 15) is 36.7 Å². The molecule has 266 valence electrons. The van der Waals surface area contributed by atoms with Gasteiger partial charge in [0.2, 0.25) is 15.9 Å². The standard InChI is InChI=1S/C32H36Cl2F2N4O8S/c1-3-47-30(48-4-2)14-15-37-29(41)20-39(23-11-12-25(35)26(36)17-23)31(42)27(40(32(43)44)19-21-8-6-5-7-9-21)18-38-49(45,46)28-13-10-22(33)16-24(28)34/h5-13,16-17,27,30,38H,3-4,14-15,18-20H2,1-2H3,(H,37,41)(H,43,44). The van der Waals surface area contributed by atoms with E-state index in [0.717, 1.165) is 23.1 Å². The number of nitrogens with one attached hydrogen (secondary N) is 2. The molecule has 0 aliphatic carbocycles. The summed E-state index contributed by atoms with van der Waals surface area (Å²) in [6.07, 6.45) is -1.99. The minimum Gasteiger partial charge on any atom is -0.465 e. The Kier molecular flexibility index (Phi) is 15.2. The predicted molar refractivity (Wildman–Crippen MR) is 179 cm³/mol. The van der Waals surface area contributed by atoms with Gasteiger partial charge in [-0.2, -0.15) is 0 Å². The summed E-state index contributed by atoms with van der Waals surface area (Å²) < 4.78 is 68.1. The van der Waals surface area contributed by atoms with Gasteiger partial charge < -0.3 is 24.8 Å². The first-order valence-corrected chi connectivity index (χ1v) is 17.3. The van der Waals surface area contributed by atoms with Gasteiger partial charge in [0.15, 0.2) is 17.9 Å². The van der Waals surface area contributed by atoms with Gasteiger partial charge in [0.1, 0.15) is 17.5 Å². The molecule has 0 radical (unpaired) electrons. The number of amides is 3. The third kappa shape index (κ3) is 11.6. The van der Waals surface area contributed by atoms with Crippen molar-refractivity contribution in [2.45, 2.75) is 44.0 Å². The Morgan fingerprint density at radius 3 is 2.20 bits per heavy atom. The zero-order valence-corrected chi connectivity index (χ0v) is 28.9. The third-order valence-electron chi connectivity index (χ3n) is 6.94. The maximum atomic E-state index is 14.5. The van der Waals surface area contributed by atoms with Crippen LogP contribution in [0.15, 0.2) is 71.6 Å². The number of hydrogen-bond donors (Lipinski definition) is 3. The molecule has 3 aromatic rings. The van der Waals surface area contributed by atoms with Crippen LogP contribution in [0.3, 0.4) is 0 Å². The lowest BCUT2D eigenvalue weighted by Crippen LogP contribution is -2.56. The topological polar surface area (TPSA) is 155 Å². The summed E-state index contributed by atoms with van der Waals surface area (Å²) in [5, 5.41) is 12.8. The Morgan fingerprint density at radius 2 is 1.61 bits per heavy atom. The Labute approximate surface area is 292 Å². The summed E-state index contributed by atoms with van der Waals surface area (Å²) in [5.41, 5.74) is 0.154. The molecule has 0 aromatic heterocycles. The number of carbonyl (C=O) groups excluding carboxylic acids is 2. The second kappa shape index (κ2) is 18.8. The molecule has 3 rings (SSSR count). The molecule has 0 aliphatic rings. The number of halogens is 4. The molecule has 1 unspecified atom stereocenters. The molecule has 0 saturated heterocycles. The highest BCUT2D eigenvalue weighted by atomic mass is 35.5. The summed E-state index contributed by atoms with van der Waals surface area (Å²) in [6.45, 7) is 2.30. The van der Waals surface area contributed by atoms with Crippen LogP contribution in [0.25, 0.3) is 0 Å². The van der Waals surface area contributed by atoms with Gasteiger partial charge in [-0.3, -0.25) is 14.5 Å². The van der Waals surface area contributed by atoms with E-state index in [1.54, 1.807) is 44.2 Å². The minimum absolute atomic E-state index is 0.0453. The van der Waals surface area contributed by atoms with Crippen LogP contribution in [0.2, 0.25) is 10.0 Å². The molecule has 1 atom stereocenters. The number of carbonyl (C=O) groups is 3. The molecule has 0 bridgehead atoms. The Balaban J connectivity index is 2.01. The fourth-order valence-corrected chi connectivity index (χ4v) is 6.44. The summed E-state index contributed by atoms with van der Waals surface area (Å²) in [5.74, 6) is -4.45. The quantitative estimate of drug-likeness (QED) is 0.153. The van der Waals surface area contributed by atoms with Gasteiger partial charge in [0, 0.05) is 56.0 Å². The molecular formula is C32H36Cl2F2N4O8S. The molecule has 0 saturated carbocycles. The van der Waals surface area contributed by atoms with Gasteiger partial charge in [-0.1, -0.05) is 53.5 Å². The van der Waals surface area contributed by atoms with Crippen molar-refractivity contribution < 1.29 is 46.2 Å². The summed E-state index contributed by atoms with van der Waals surface area (Å²) in [6, 6.07) is 12.3. The van der Waals surface area contributed by atoms with Crippen molar-refractivity contribution in [2.24, 2.45) is 0 Å². The van der Waals surface area contributed by atoms with Gasteiger partial charge in [-0.15, -0.1) is 0 Å². The van der Waals surface area contributed by atoms with Crippen LogP contribution in [0.4, 0.5) is 19.3 Å². The second-order valence-electron chi connectivity index (χ2n) is 10.3. The first-order valence-electron chi connectivity index (χ1n) is 15.0. The number of nitrogens with zero attached hydrogens (tertiary/aromatic N) is 2. The molecule has 3 N–H and O–H groups in total. The molecule has 0 aliphatic heterocycles. The zero-order valence-electron chi connectivity index (χ0n) is 26.6. The van der Waals surface area contributed by atoms with Crippen LogP contribution >= 0.6 is 23.2 Å². The van der Waals surface area contributed by atoms with Crippen molar-refractivity contribution in [3.63, 3.8) is 0 Å².